The molecule has 0 aliphatic rings. The lowest BCUT2D eigenvalue weighted by Crippen LogP contribution is -2.25. The maximum atomic E-state index is 11.9. The van der Waals surface area contributed by atoms with Crippen molar-refractivity contribution in [1.82, 2.24) is 14.9 Å². The number of nitrogens with one attached hydrogen (secondary N) is 1. The van der Waals surface area contributed by atoms with Gasteiger partial charge in [-0.3, -0.25) is 4.79 Å². The second-order valence-corrected chi connectivity index (χ2v) is 4.88. The first-order valence-electron chi connectivity index (χ1n) is 5.92. The van der Waals surface area contributed by atoms with Gasteiger partial charge < -0.3 is 9.84 Å². The first-order valence-corrected chi connectivity index (χ1v) is 6.30. The van der Waals surface area contributed by atoms with E-state index in [1.165, 1.54) is 10.9 Å². The normalized spacial score (nSPS) is 11.0. The van der Waals surface area contributed by atoms with Crippen molar-refractivity contribution in [2.75, 3.05) is 5.32 Å². The number of anilines is 1. The van der Waals surface area contributed by atoms with Crippen LogP contribution < -0.4 is 10.9 Å². The van der Waals surface area contributed by atoms with E-state index in [2.05, 4.69) is 15.6 Å². The Morgan fingerprint density at radius 2 is 2.26 bits per heavy atom. The van der Waals surface area contributed by atoms with Gasteiger partial charge in [0.2, 0.25) is 0 Å². The summed E-state index contributed by atoms with van der Waals surface area (Å²) in [6, 6.07) is 1.78. The van der Waals surface area contributed by atoms with Crippen LogP contribution in [0.25, 0.3) is 0 Å². The van der Waals surface area contributed by atoms with Crippen molar-refractivity contribution >= 4 is 17.3 Å². The summed E-state index contributed by atoms with van der Waals surface area (Å²) >= 11 is 6.03. The molecule has 0 amide bonds. The van der Waals surface area contributed by atoms with E-state index in [-0.39, 0.29) is 16.6 Å². The molecule has 0 fully saturated rings. The van der Waals surface area contributed by atoms with E-state index in [1.807, 2.05) is 26.8 Å². The molecule has 7 heteroatoms. The number of aryl methyl sites for hydroxylation is 1. The molecule has 2 rings (SSSR count). The monoisotopic (exact) mass is 282 g/mol. The summed E-state index contributed by atoms with van der Waals surface area (Å²) in [5.41, 5.74) is 0.976. The van der Waals surface area contributed by atoms with Crippen molar-refractivity contribution in [2.45, 2.75) is 33.4 Å². The second-order valence-electron chi connectivity index (χ2n) is 4.50. The van der Waals surface area contributed by atoms with Gasteiger partial charge in [0.25, 0.3) is 5.56 Å². The van der Waals surface area contributed by atoms with Gasteiger partial charge in [0.05, 0.1) is 30.2 Å². The van der Waals surface area contributed by atoms with Gasteiger partial charge in [0.1, 0.15) is 5.02 Å². The zero-order valence-electron chi connectivity index (χ0n) is 11.0. The van der Waals surface area contributed by atoms with Crippen LogP contribution >= 0.6 is 11.6 Å². The molecule has 0 saturated carbocycles. The standard InChI is InChI=1S/C12H15ClN4O2/c1-7(2)17-12(18)11(13)10(6-15-17)14-5-9-4-8(3)16-19-9/h4,6-7,14H,5H2,1-3H3. The van der Waals surface area contributed by atoms with Gasteiger partial charge in [-0.1, -0.05) is 16.8 Å². The third kappa shape index (κ3) is 2.96. The topological polar surface area (TPSA) is 73.0 Å². The first kappa shape index (κ1) is 13.6. The lowest BCUT2D eigenvalue weighted by atomic mass is 10.3. The highest BCUT2D eigenvalue weighted by molar-refractivity contribution is 6.32. The van der Waals surface area contributed by atoms with Crippen LogP contribution in [0.5, 0.6) is 0 Å². The quantitative estimate of drug-likeness (QED) is 0.932. The number of halogens is 1. The minimum Gasteiger partial charge on any atom is -0.375 e. The summed E-state index contributed by atoms with van der Waals surface area (Å²) in [5.74, 6) is 0.668. The van der Waals surface area contributed by atoms with Crippen LogP contribution in [-0.4, -0.2) is 14.9 Å². The molecule has 0 bridgehead atoms. The SMILES string of the molecule is Cc1cc(CNc2cnn(C(C)C)c(=O)c2Cl)on1. The Kier molecular flexibility index (Phi) is 3.90. The largest absolute Gasteiger partial charge is 0.375 e. The Hall–Kier alpha value is -1.82. The van der Waals surface area contributed by atoms with E-state index in [0.29, 0.717) is 18.0 Å². The fourth-order valence-corrected chi connectivity index (χ4v) is 1.82. The fourth-order valence-electron chi connectivity index (χ4n) is 1.62. The average molecular weight is 283 g/mol. The zero-order valence-corrected chi connectivity index (χ0v) is 11.7. The van der Waals surface area contributed by atoms with Crippen molar-refractivity contribution in [2.24, 2.45) is 0 Å². The molecule has 6 nitrogen and oxygen atoms in total. The molecule has 0 radical (unpaired) electrons. The van der Waals surface area contributed by atoms with E-state index in [0.717, 1.165) is 5.69 Å². The molecular formula is C12H15ClN4O2. The Bertz CT molecular complexity index is 633. The molecular weight excluding hydrogens is 268 g/mol. The summed E-state index contributed by atoms with van der Waals surface area (Å²) < 4.78 is 6.40. The molecule has 2 aromatic rings. The van der Waals surface area contributed by atoms with Gasteiger partial charge in [-0.15, -0.1) is 0 Å². The first-order chi connectivity index (χ1) is 8.99. The average Bonchev–Trinajstić information content (AvgIpc) is 2.76. The van der Waals surface area contributed by atoms with Crippen LogP contribution in [0.2, 0.25) is 5.02 Å². The highest BCUT2D eigenvalue weighted by Gasteiger charge is 2.11. The lowest BCUT2D eigenvalue weighted by Gasteiger charge is -2.11. The number of rotatable bonds is 4. The van der Waals surface area contributed by atoms with E-state index >= 15 is 0 Å². The molecule has 0 spiro atoms. The van der Waals surface area contributed by atoms with Crippen LogP contribution in [0.15, 0.2) is 21.6 Å². The van der Waals surface area contributed by atoms with Crippen LogP contribution in [0.3, 0.4) is 0 Å². The third-order valence-corrected chi connectivity index (χ3v) is 2.93. The summed E-state index contributed by atoms with van der Waals surface area (Å²) in [6.45, 7) is 5.98. The van der Waals surface area contributed by atoms with Gasteiger partial charge >= 0.3 is 0 Å². The molecule has 102 valence electrons. The van der Waals surface area contributed by atoms with E-state index in [1.54, 1.807) is 0 Å². The fraction of sp³-hybridized carbons (Fsp3) is 0.417. The van der Waals surface area contributed by atoms with Crippen molar-refractivity contribution < 1.29 is 4.52 Å². The molecule has 2 heterocycles. The Labute approximate surface area is 115 Å². The molecule has 2 aromatic heterocycles. The number of nitrogens with zero attached hydrogens (tertiary/aromatic N) is 3. The van der Waals surface area contributed by atoms with Gasteiger partial charge in [-0.05, 0) is 20.8 Å². The van der Waals surface area contributed by atoms with Crippen LogP contribution in [-0.2, 0) is 6.54 Å². The summed E-state index contributed by atoms with van der Waals surface area (Å²) in [5, 5.41) is 11.0. The lowest BCUT2D eigenvalue weighted by molar-refractivity contribution is 0.384. The Morgan fingerprint density at radius 1 is 1.53 bits per heavy atom. The van der Waals surface area contributed by atoms with Crippen molar-refractivity contribution in [3.8, 4) is 0 Å². The van der Waals surface area contributed by atoms with Crippen LogP contribution in [0, 0.1) is 6.92 Å². The summed E-state index contributed by atoms with van der Waals surface area (Å²) in [4.78, 5) is 11.9. The van der Waals surface area contributed by atoms with Crippen molar-refractivity contribution in [3.63, 3.8) is 0 Å². The molecule has 19 heavy (non-hydrogen) atoms. The molecule has 0 atom stereocenters. The maximum Gasteiger partial charge on any atom is 0.287 e. The minimum absolute atomic E-state index is 0.0315. The van der Waals surface area contributed by atoms with Crippen molar-refractivity contribution in [3.05, 3.63) is 39.1 Å². The molecule has 0 aliphatic heterocycles. The van der Waals surface area contributed by atoms with E-state index in [9.17, 15) is 4.79 Å². The van der Waals surface area contributed by atoms with Gasteiger partial charge in [-0.25, -0.2) is 4.68 Å². The molecule has 1 N–H and O–H groups in total. The number of aromatic nitrogens is 3. The number of hydrogen-bond acceptors (Lipinski definition) is 5. The highest BCUT2D eigenvalue weighted by atomic mass is 35.5. The van der Waals surface area contributed by atoms with E-state index < -0.39 is 0 Å². The molecule has 0 saturated heterocycles. The predicted molar refractivity (Wildman–Crippen MR) is 72.5 cm³/mol. The second kappa shape index (κ2) is 5.44. The summed E-state index contributed by atoms with van der Waals surface area (Å²) in [7, 11) is 0. The van der Waals surface area contributed by atoms with Crippen LogP contribution in [0.1, 0.15) is 31.3 Å². The molecule has 0 unspecified atom stereocenters. The minimum atomic E-state index is -0.310. The number of hydrogen-bond donors (Lipinski definition) is 1. The smallest absolute Gasteiger partial charge is 0.287 e. The van der Waals surface area contributed by atoms with Gasteiger partial charge in [0.15, 0.2) is 5.76 Å². The Morgan fingerprint density at radius 3 is 2.84 bits per heavy atom. The van der Waals surface area contributed by atoms with Gasteiger partial charge in [-0.2, -0.15) is 5.10 Å². The predicted octanol–water partition coefficient (Wildman–Crippen LogP) is 2.39. The van der Waals surface area contributed by atoms with E-state index in [4.69, 9.17) is 16.1 Å². The van der Waals surface area contributed by atoms with Crippen molar-refractivity contribution in [1.29, 1.82) is 0 Å². The highest BCUT2D eigenvalue weighted by Crippen LogP contribution is 2.17. The third-order valence-electron chi connectivity index (χ3n) is 2.56. The van der Waals surface area contributed by atoms with Gasteiger partial charge in [0, 0.05) is 6.07 Å². The molecule has 0 aromatic carbocycles. The Balaban J connectivity index is 2.18. The van der Waals surface area contributed by atoms with Crippen LogP contribution in [0.4, 0.5) is 5.69 Å². The summed E-state index contributed by atoms with van der Waals surface area (Å²) in [6.07, 6.45) is 1.53. The maximum absolute atomic E-state index is 11.9. The molecule has 0 aliphatic carbocycles. The zero-order chi connectivity index (χ0) is 14.0.